The van der Waals surface area contributed by atoms with E-state index in [9.17, 15) is 4.79 Å². The van der Waals surface area contributed by atoms with Crippen LogP contribution in [0.3, 0.4) is 0 Å². The third-order valence-corrected chi connectivity index (χ3v) is 2.41. The zero-order valence-corrected chi connectivity index (χ0v) is 10.4. The molecule has 2 aromatic rings. The number of nitrogens with zero attached hydrogens (tertiary/aromatic N) is 3. The summed E-state index contributed by atoms with van der Waals surface area (Å²) < 4.78 is 4.86. The first kappa shape index (κ1) is 12.3. The zero-order chi connectivity index (χ0) is 13.1. The van der Waals surface area contributed by atoms with Crippen molar-refractivity contribution in [3.05, 3.63) is 29.8 Å². The molecule has 0 bridgehead atoms. The van der Waals surface area contributed by atoms with Crippen LogP contribution < -0.4 is 5.73 Å². The molecule has 2 heterocycles. The number of hydrogen-bond donors (Lipinski definition) is 1. The number of rotatable bonds is 3. The van der Waals surface area contributed by atoms with Crippen molar-refractivity contribution in [1.82, 2.24) is 15.0 Å². The Morgan fingerprint density at radius 1 is 1.44 bits per heavy atom. The number of hydrogen-bond acceptors (Lipinski definition) is 6. The van der Waals surface area contributed by atoms with Crippen LogP contribution >= 0.6 is 12.2 Å². The largest absolute Gasteiger partial charge is 0.461 e. The molecule has 0 aromatic carbocycles. The lowest BCUT2D eigenvalue weighted by molar-refractivity contribution is 0.0520. The Balaban J connectivity index is 2.53. The van der Waals surface area contributed by atoms with Crippen molar-refractivity contribution in [2.24, 2.45) is 5.73 Å². The third kappa shape index (κ3) is 2.25. The fourth-order valence-electron chi connectivity index (χ4n) is 1.46. The normalized spacial score (nSPS) is 10.3. The molecule has 2 aromatic heterocycles. The maximum atomic E-state index is 11.5. The van der Waals surface area contributed by atoms with Gasteiger partial charge in [-0.15, -0.1) is 0 Å². The van der Waals surface area contributed by atoms with Gasteiger partial charge in [-0.3, -0.25) is 0 Å². The lowest BCUT2D eigenvalue weighted by Gasteiger charge is -2.04. The Morgan fingerprint density at radius 3 is 2.89 bits per heavy atom. The van der Waals surface area contributed by atoms with E-state index in [2.05, 4.69) is 15.0 Å². The molecular weight excluding hydrogens is 252 g/mol. The van der Waals surface area contributed by atoms with Crippen LogP contribution in [0.5, 0.6) is 0 Å². The smallest absolute Gasteiger partial charge is 0.357 e. The molecule has 0 fully saturated rings. The number of esters is 1. The van der Waals surface area contributed by atoms with E-state index in [0.29, 0.717) is 23.3 Å². The minimum Gasteiger partial charge on any atom is -0.461 e. The lowest BCUT2D eigenvalue weighted by Crippen LogP contribution is -2.13. The van der Waals surface area contributed by atoms with Crippen molar-refractivity contribution in [2.45, 2.75) is 6.92 Å². The number of thiocarbonyl (C=S) groups is 1. The summed E-state index contributed by atoms with van der Waals surface area (Å²) in [5.74, 6) is -0.491. The highest BCUT2D eigenvalue weighted by molar-refractivity contribution is 7.80. The summed E-state index contributed by atoms with van der Waals surface area (Å²) in [6.07, 6.45) is 1.30. The van der Waals surface area contributed by atoms with Gasteiger partial charge in [-0.2, -0.15) is 0 Å². The summed E-state index contributed by atoms with van der Waals surface area (Å²) in [7, 11) is 0. The highest BCUT2D eigenvalue weighted by Gasteiger charge is 2.12. The van der Waals surface area contributed by atoms with E-state index in [4.69, 9.17) is 22.7 Å². The van der Waals surface area contributed by atoms with Gasteiger partial charge in [-0.05, 0) is 19.1 Å². The number of nitrogens with two attached hydrogens (primary N) is 1. The fraction of sp³-hybridized carbons (Fsp3) is 0.182. The van der Waals surface area contributed by atoms with Crippen LogP contribution in [0.25, 0.3) is 11.0 Å². The molecule has 0 aliphatic heterocycles. The Morgan fingerprint density at radius 2 is 2.22 bits per heavy atom. The second kappa shape index (κ2) is 5.01. The van der Waals surface area contributed by atoms with Gasteiger partial charge >= 0.3 is 5.97 Å². The molecule has 7 heteroatoms. The molecule has 2 N–H and O–H groups in total. The summed E-state index contributed by atoms with van der Waals surface area (Å²) in [6.45, 7) is 2.02. The quantitative estimate of drug-likeness (QED) is 0.647. The maximum Gasteiger partial charge on any atom is 0.357 e. The molecule has 2 rings (SSSR count). The SMILES string of the molecule is CCOC(=O)c1ccc2c(C(N)=S)ncnc2n1. The molecule has 0 atom stereocenters. The van der Waals surface area contributed by atoms with Crippen molar-refractivity contribution in [2.75, 3.05) is 6.61 Å². The molecule has 0 spiro atoms. The van der Waals surface area contributed by atoms with Gasteiger partial charge in [-0.1, -0.05) is 12.2 Å². The summed E-state index contributed by atoms with van der Waals surface area (Å²) in [4.78, 5) is 23.8. The molecule has 0 amide bonds. The van der Waals surface area contributed by atoms with Crippen LogP contribution in [0.4, 0.5) is 0 Å². The van der Waals surface area contributed by atoms with Crippen LogP contribution in [0.15, 0.2) is 18.5 Å². The Kier molecular flexibility index (Phi) is 3.42. The Bertz CT molecular complexity index is 629. The molecule has 0 aliphatic rings. The maximum absolute atomic E-state index is 11.5. The number of carbonyl (C=O) groups is 1. The molecule has 0 saturated heterocycles. The molecule has 0 saturated carbocycles. The Hall–Kier alpha value is -2.15. The predicted molar refractivity (Wildman–Crippen MR) is 69.2 cm³/mol. The molecule has 0 radical (unpaired) electrons. The average Bonchev–Trinajstić information content (AvgIpc) is 2.37. The third-order valence-electron chi connectivity index (χ3n) is 2.22. The highest BCUT2D eigenvalue weighted by Crippen LogP contribution is 2.13. The zero-order valence-electron chi connectivity index (χ0n) is 9.58. The lowest BCUT2D eigenvalue weighted by atomic mass is 10.2. The predicted octanol–water partition coefficient (Wildman–Crippen LogP) is 0.836. The van der Waals surface area contributed by atoms with Gasteiger partial charge in [0.1, 0.15) is 17.0 Å². The number of fused-ring (bicyclic) bond motifs is 1. The molecule has 6 nitrogen and oxygen atoms in total. The van der Waals surface area contributed by atoms with E-state index in [1.54, 1.807) is 13.0 Å². The Labute approximate surface area is 108 Å². The molecular formula is C11H10N4O2S. The van der Waals surface area contributed by atoms with Crippen molar-refractivity contribution >= 4 is 34.2 Å². The van der Waals surface area contributed by atoms with E-state index in [1.165, 1.54) is 12.4 Å². The standard InChI is InChI=1S/C11H10N4O2S/c1-2-17-11(16)7-4-3-6-8(9(12)18)13-5-14-10(6)15-7/h3-5H,2H2,1H3,(H2,12,18). The summed E-state index contributed by atoms with van der Waals surface area (Å²) >= 11 is 4.88. The molecule has 18 heavy (non-hydrogen) atoms. The minimum absolute atomic E-state index is 0.160. The first-order valence-electron chi connectivity index (χ1n) is 5.22. The van der Waals surface area contributed by atoms with Gasteiger partial charge in [0.25, 0.3) is 0 Å². The van der Waals surface area contributed by atoms with Crippen LogP contribution in [0.1, 0.15) is 23.1 Å². The van der Waals surface area contributed by atoms with Crippen LogP contribution in [-0.2, 0) is 4.74 Å². The number of pyridine rings is 1. The number of carbonyl (C=O) groups excluding carboxylic acids is 1. The van der Waals surface area contributed by atoms with Crippen molar-refractivity contribution in [3.63, 3.8) is 0 Å². The first-order valence-corrected chi connectivity index (χ1v) is 5.63. The first-order chi connectivity index (χ1) is 8.63. The van der Waals surface area contributed by atoms with E-state index >= 15 is 0 Å². The minimum atomic E-state index is -0.491. The monoisotopic (exact) mass is 262 g/mol. The van der Waals surface area contributed by atoms with Crippen LogP contribution in [0, 0.1) is 0 Å². The van der Waals surface area contributed by atoms with Gasteiger partial charge in [-0.25, -0.2) is 19.7 Å². The van der Waals surface area contributed by atoms with Crippen LogP contribution in [-0.4, -0.2) is 32.5 Å². The summed E-state index contributed by atoms with van der Waals surface area (Å²) in [6, 6.07) is 3.19. The fourth-order valence-corrected chi connectivity index (χ4v) is 1.62. The summed E-state index contributed by atoms with van der Waals surface area (Å²) in [5.41, 5.74) is 6.54. The number of ether oxygens (including phenoxy) is 1. The molecule has 0 aliphatic carbocycles. The average molecular weight is 262 g/mol. The molecule has 92 valence electrons. The second-order valence-corrected chi connectivity index (χ2v) is 3.81. The van der Waals surface area contributed by atoms with E-state index in [1.807, 2.05) is 0 Å². The molecule has 0 unspecified atom stereocenters. The van der Waals surface area contributed by atoms with E-state index in [0.717, 1.165) is 0 Å². The van der Waals surface area contributed by atoms with Gasteiger partial charge < -0.3 is 10.5 Å². The van der Waals surface area contributed by atoms with Gasteiger partial charge in [0, 0.05) is 5.39 Å². The number of aromatic nitrogens is 3. The van der Waals surface area contributed by atoms with Gasteiger partial charge in [0.05, 0.1) is 6.61 Å². The van der Waals surface area contributed by atoms with Crippen molar-refractivity contribution in [1.29, 1.82) is 0 Å². The summed E-state index contributed by atoms with van der Waals surface area (Å²) in [5, 5.41) is 0.609. The van der Waals surface area contributed by atoms with Crippen molar-refractivity contribution < 1.29 is 9.53 Å². The van der Waals surface area contributed by atoms with E-state index in [-0.39, 0.29) is 10.7 Å². The highest BCUT2D eigenvalue weighted by atomic mass is 32.1. The van der Waals surface area contributed by atoms with Gasteiger partial charge in [0.15, 0.2) is 11.3 Å². The van der Waals surface area contributed by atoms with Crippen LogP contribution in [0.2, 0.25) is 0 Å². The van der Waals surface area contributed by atoms with E-state index < -0.39 is 5.97 Å². The second-order valence-electron chi connectivity index (χ2n) is 3.37. The van der Waals surface area contributed by atoms with Gasteiger partial charge in [0.2, 0.25) is 0 Å². The van der Waals surface area contributed by atoms with Crippen molar-refractivity contribution in [3.8, 4) is 0 Å². The topological polar surface area (TPSA) is 91.0 Å².